The van der Waals surface area contributed by atoms with Crippen LogP contribution in [0.25, 0.3) is 0 Å². The van der Waals surface area contributed by atoms with Gasteiger partial charge >= 0.3 is 18.0 Å². The number of hydrogen-bond donors (Lipinski definition) is 1. The number of nitrogens with one attached hydrogen (secondary N) is 1. The first-order chi connectivity index (χ1) is 13.3. The molecule has 0 bridgehead atoms. The molecule has 0 spiro atoms. The van der Waals surface area contributed by atoms with Crippen LogP contribution in [0.4, 0.5) is 10.5 Å². The normalized spacial score (nSPS) is 12.9. The topological polar surface area (TPSA) is 100 Å². The van der Waals surface area contributed by atoms with Crippen molar-refractivity contribution in [2.45, 2.75) is 39.7 Å². The number of allylic oxidation sites excluding steroid dienone is 2. The van der Waals surface area contributed by atoms with Crippen LogP contribution in [0, 0.1) is 6.92 Å². The van der Waals surface area contributed by atoms with Crippen molar-refractivity contribution in [3.8, 4) is 5.75 Å². The first kappa shape index (κ1) is 21.3. The first-order valence-corrected chi connectivity index (χ1v) is 8.80. The number of ether oxygens (including phenoxy) is 4. The molecule has 1 N–H and O–H groups in total. The number of esters is 2. The molecule has 1 heterocycles. The molecule has 0 saturated carbocycles. The Hall–Kier alpha value is -3.03. The Balaban J connectivity index is 2.47. The summed E-state index contributed by atoms with van der Waals surface area (Å²) >= 11 is 0. The summed E-state index contributed by atoms with van der Waals surface area (Å²) < 4.78 is 20.1. The summed E-state index contributed by atoms with van der Waals surface area (Å²) in [6.07, 6.45) is 2.44. The summed E-state index contributed by atoms with van der Waals surface area (Å²) in [6.45, 7) is 3.87. The molecule has 0 aliphatic carbocycles. The lowest BCUT2D eigenvalue weighted by Crippen LogP contribution is -2.17. The molecule has 28 heavy (non-hydrogen) atoms. The highest BCUT2D eigenvalue weighted by atomic mass is 16.5. The second-order valence-corrected chi connectivity index (χ2v) is 6.39. The number of rotatable bonds is 7. The quantitative estimate of drug-likeness (QED) is 0.432. The van der Waals surface area contributed by atoms with Gasteiger partial charge in [0.05, 0.1) is 32.6 Å². The van der Waals surface area contributed by atoms with Crippen molar-refractivity contribution in [2.24, 2.45) is 0 Å². The van der Waals surface area contributed by atoms with E-state index in [0.717, 1.165) is 11.1 Å². The van der Waals surface area contributed by atoms with Crippen molar-refractivity contribution in [1.29, 1.82) is 0 Å². The fourth-order valence-corrected chi connectivity index (χ4v) is 3.12. The van der Waals surface area contributed by atoms with E-state index < -0.39 is 12.1 Å². The minimum atomic E-state index is -0.694. The van der Waals surface area contributed by atoms with Crippen molar-refractivity contribution < 1.29 is 33.3 Å². The van der Waals surface area contributed by atoms with E-state index in [2.05, 4.69) is 10.1 Å². The van der Waals surface area contributed by atoms with Crippen LogP contribution in [0.2, 0.25) is 0 Å². The van der Waals surface area contributed by atoms with Gasteiger partial charge in [0.2, 0.25) is 0 Å². The Morgan fingerprint density at radius 2 is 1.89 bits per heavy atom. The maximum atomic E-state index is 12.3. The Kier molecular flexibility index (Phi) is 7.03. The largest absolute Gasteiger partial charge is 0.496 e. The molecule has 2 rings (SSSR count). The average Bonchev–Trinajstić information content (AvgIpc) is 3.08. The van der Waals surface area contributed by atoms with E-state index in [1.54, 1.807) is 0 Å². The lowest BCUT2D eigenvalue weighted by atomic mass is 9.93. The molecule has 1 aromatic rings. The van der Waals surface area contributed by atoms with Gasteiger partial charge in [-0.1, -0.05) is 11.6 Å². The van der Waals surface area contributed by atoms with Crippen molar-refractivity contribution >= 4 is 23.7 Å². The van der Waals surface area contributed by atoms with Crippen LogP contribution in [-0.4, -0.2) is 39.4 Å². The van der Waals surface area contributed by atoms with E-state index in [0.29, 0.717) is 41.0 Å². The summed E-state index contributed by atoms with van der Waals surface area (Å²) in [5.41, 5.74) is 3.72. The maximum absolute atomic E-state index is 12.3. The van der Waals surface area contributed by atoms with E-state index in [9.17, 15) is 14.4 Å². The van der Waals surface area contributed by atoms with Crippen LogP contribution in [0.5, 0.6) is 5.75 Å². The van der Waals surface area contributed by atoms with Crippen molar-refractivity contribution in [3.05, 3.63) is 33.9 Å². The van der Waals surface area contributed by atoms with Gasteiger partial charge in [-0.25, -0.2) is 9.59 Å². The fraction of sp³-hybridized carbons (Fsp3) is 0.450. The van der Waals surface area contributed by atoms with Crippen LogP contribution in [0.15, 0.2) is 11.6 Å². The molecular weight excluding hydrogens is 366 g/mol. The average molecular weight is 391 g/mol. The highest BCUT2D eigenvalue weighted by molar-refractivity contribution is 6.04. The molecule has 0 unspecified atom stereocenters. The van der Waals surface area contributed by atoms with Gasteiger partial charge in [0.15, 0.2) is 0 Å². The van der Waals surface area contributed by atoms with E-state index in [1.807, 2.05) is 19.9 Å². The SMILES string of the molecule is COC(=O)CC/C(C)=C/Cc1c(NC(=O)OC)c2c(c(C)c1OC)COC2=O. The molecule has 1 aliphatic heterocycles. The number of cyclic esters (lactones) is 1. The number of carbonyl (C=O) groups excluding carboxylic acids is 3. The number of hydrogen-bond acceptors (Lipinski definition) is 7. The van der Waals surface area contributed by atoms with Gasteiger partial charge in [0, 0.05) is 17.5 Å². The molecular formula is C20H25NO7. The van der Waals surface area contributed by atoms with Crippen LogP contribution in [0.1, 0.15) is 46.8 Å². The zero-order valence-electron chi connectivity index (χ0n) is 16.8. The van der Waals surface area contributed by atoms with Crippen LogP contribution < -0.4 is 10.1 Å². The third kappa shape index (κ3) is 4.44. The zero-order chi connectivity index (χ0) is 20.8. The standard InChI is InChI=1S/C20H25NO7/c1-11(7-9-15(22)25-3)6-8-13-17(21-20(24)27-5)16-14(10-28-19(16)23)12(2)18(13)26-4/h6H,7-10H2,1-5H3,(H,21,24)/b11-6+. The highest BCUT2D eigenvalue weighted by Gasteiger charge is 2.32. The molecule has 0 aromatic heterocycles. The molecule has 152 valence electrons. The van der Waals surface area contributed by atoms with Gasteiger partial charge in [-0.2, -0.15) is 0 Å². The summed E-state index contributed by atoms with van der Waals surface area (Å²) in [4.78, 5) is 35.5. The third-order valence-electron chi connectivity index (χ3n) is 4.69. The predicted octanol–water partition coefficient (Wildman–Crippen LogP) is 3.29. The van der Waals surface area contributed by atoms with Crippen molar-refractivity contribution in [2.75, 3.05) is 26.6 Å². The molecule has 1 aliphatic rings. The highest BCUT2D eigenvalue weighted by Crippen LogP contribution is 2.41. The first-order valence-electron chi connectivity index (χ1n) is 8.80. The number of methoxy groups -OCH3 is 3. The molecule has 1 amide bonds. The fourth-order valence-electron chi connectivity index (χ4n) is 3.12. The minimum Gasteiger partial charge on any atom is -0.496 e. The van der Waals surface area contributed by atoms with Crippen LogP contribution in [-0.2, 0) is 32.0 Å². The second kappa shape index (κ2) is 9.25. The predicted molar refractivity (Wildman–Crippen MR) is 102 cm³/mol. The second-order valence-electron chi connectivity index (χ2n) is 6.39. The minimum absolute atomic E-state index is 0.125. The van der Waals surface area contributed by atoms with Gasteiger partial charge in [-0.3, -0.25) is 10.1 Å². The van der Waals surface area contributed by atoms with Crippen LogP contribution >= 0.6 is 0 Å². The number of fused-ring (bicyclic) bond motifs is 1. The van der Waals surface area contributed by atoms with E-state index in [1.165, 1.54) is 21.3 Å². The summed E-state index contributed by atoms with van der Waals surface area (Å²) in [5.74, 6) is -0.213. The number of benzene rings is 1. The lowest BCUT2D eigenvalue weighted by molar-refractivity contribution is -0.140. The van der Waals surface area contributed by atoms with Gasteiger partial charge in [-0.15, -0.1) is 0 Å². The number of anilines is 1. The summed E-state index contributed by atoms with van der Waals surface area (Å²) in [5, 5.41) is 2.63. The lowest BCUT2D eigenvalue weighted by Gasteiger charge is -2.19. The monoisotopic (exact) mass is 391 g/mol. The Bertz CT molecular complexity index is 827. The summed E-state index contributed by atoms with van der Waals surface area (Å²) in [7, 11) is 4.13. The zero-order valence-corrected chi connectivity index (χ0v) is 16.8. The maximum Gasteiger partial charge on any atom is 0.411 e. The molecule has 8 nitrogen and oxygen atoms in total. The smallest absolute Gasteiger partial charge is 0.411 e. The van der Waals surface area contributed by atoms with Crippen molar-refractivity contribution in [3.63, 3.8) is 0 Å². The Morgan fingerprint density at radius 3 is 2.50 bits per heavy atom. The molecule has 1 aromatic carbocycles. The molecule has 0 saturated heterocycles. The Labute approximate surface area is 163 Å². The Morgan fingerprint density at radius 1 is 1.18 bits per heavy atom. The van der Waals surface area contributed by atoms with E-state index >= 15 is 0 Å². The molecule has 0 radical (unpaired) electrons. The molecule has 0 atom stereocenters. The molecule has 0 fully saturated rings. The van der Waals surface area contributed by atoms with E-state index in [-0.39, 0.29) is 19.0 Å². The van der Waals surface area contributed by atoms with Gasteiger partial charge in [0.1, 0.15) is 12.4 Å². The van der Waals surface area contributed by atoms with Gasteiger partial charge in [0.25, 0.3) is 0 Å². The summed E-state index contributed by atoms with van der Waals surface area (Å²) in [6, 6.07) is 0. The number of amides is 1. The van der Waals surface area contributed by atoms with Crippen LogP contribution in [0.3, 0.4) is 0 Å². The van der Waals surface area contributed by atoms with Crippen molar-refractivity contribution in [1.82, 2.24) is 0 Å². The third-order valence-corrected chi connectivity index (χ3v) is 4.69. The number of carbonyl (C=O) groups is 3. The van der Waals surface area contributed by atoms with E-state index in [4.69, 9.17) is 14.2 Å². The molecule has 8 heteroatoms. The van der Waals surface area contributed by atoms with Gasteiger partial charge < -0.3 is 18.9 Å². The van der Waals surface area contributed by atoms with Gasteiger partial charge in [-0.05, 0) is 32.3 Å².